The van der Waals surface area contributed by atoms with Crippen LogP contribution in [0.2, 0.25) is 0 Å². The zero-order valence-corrected chi connectivity index (χ0v) is 16.2. The Labute approximate surface area is 161 Å². The van der Waals surface area contributed by atoms with Gasteiger partial charge in [0.15, 0.2) is 6.67 Å². The van der Waals surface area contributed by atoms with Gasteiger partial charge in [0.2, 0.25) is 0 Å². The van der Waals surface area contributed by atoms with E-state index >= 15 is 0 Å². The van der Waals surface area contributed by atoms with Gasteiger partial charge in [0, 0.05) is 5.56 Å². The van der Waals surface area contributed by atoms with E-state index in [1.165, 1.54) is 37.0 Å². The number of benzene rings is 2. The number of hydrogen-bond donors (Lipinski definition) is 1. The van der Waals surface area contributed by atoms with E-state index in [0.29, 0.717) is 18.4 Å². The Morgan fingerprint density at radius 1 is 1.07 bits per heavy atom. The molecule has 1 aliphatic heterocycles. The summed E-state index contributed by atoms with van der Waals surface area (Å²) in [6, 6.07) is 16.7. The lowest BCUT2D eigenvalue weighted by molar-refractivity contribution is -0.906. The Balaban J connectivity index is 1.63. The maximum atomic E-state index is 13.3. The third-order valence-electron chi connectivity index (χ3n) is 5.85. The number of carbonyl (C=O) groups is 1. The first-order valence-corrected chi connectivity index (χ1v) is 10.0. The van der Waals surface area contributed by atoms with Crippen LogP contribution in [0.15, 0.2) is 53.5 Å². The number of quaternary nitrogens is 1. The van der Waals surface area contributed by atoms with Crippen LogP contribution in [0, 0.1) is 6.92 Å². The highest BCUT2D eigenvalue weighted by Crippen LogP contribution is 2.30. The smallest absolute Gasteiger partial charge is 0.281 e. The highest BCUT2D eigenvalue weighted by molar-refractivity contribution is 6.54. The van der Waals surface area contributed by atoms with E-state index in [9.17, 15) is 4.79 Å². The van der Waals surface area contributed by atoms with Crippen molar-refractivity contribution in [1.82, 2.24) is 0 Å². The van der Waals surface area contributed by atoms with Crippen molar-refractivity contribution >= 4 is 23.0 Å². The van der Waals surface area contributed by atoms with Gasteiger partial charge in [-0.1, -0.05) is 36.8 Å². The molecule has 27 heavy (non-hydrogen) atoms. The molecule has 0 aromatic heterocycles. The van der Waals surface area contributed by atoms with Crippen molar-refractivity contribution in [2.45, 2.75) is 45.1 Å². The number of para-hydroxylation sites is 1. The van der Waals surface area contributed by atoms with Crippen LogP contribution < -0.4 is 9.80 Å². The van der Waals surface area contributed by atoms with Crippen LogP contribution in [0.4, 0.5) is 11.4 Å². The largest absolute Gasteiger partial charge is 0.317 e. The third kappa shape index (κ3) is 3.67. The molecule has 1 aliphatic carbocycles. The summed E-state index contributed by atoms with van der Waals surface area (Å²) in [4.78, 5) is 21.3. The van der Waals surface area contributed by atoms with E-state index in [2.05, 4.69) is 7.05 Å². The SMILES string of the molecule is Cc1cccc(N=C2C(=O)N(C[NH+](C)C3CCCCC3)c3ccccc32)c1. The topological polar surface area (TPSA) is 37.1 Å². The predicted octanol–water partition coefficient (Wildman–Crippen LogP) is 3.27. The van der Waals surface area contributed by atoms with Crippen LogP contribution in [0.3, 0.4) is 0 Å². The van der Waals surface area contributed by atoms with Gasteiger partial charge in [0.1, 0.15) is 5.71 Å². The maximum Gasteiger partial charge on any atom is 0.281 e. The van der Waals surface area contributed by atoms with E-state index < -0.39 is 0 Å². The van der Waals surface area contributed by atoms with Gasteiger partial charge in [-0.05, 0) is 56.4 Å². The van der Waals surface area contributed by atoms with Crippen molar-refractivity contribution in [2.75, 3.05) is 18.6 Å². The van der Waals surface area contributed by atoms with Gasteiger partial charge < -0.3 is 4.90 Å². The fourth-order valence-electron chi connectivity index (χ4n) is 4.33. The minimum atomic E-state index is 0.0212. The molecule has 1 atom stereocenters. The Morgan fingerprint density at radius 2 is 1.85 bits per heavy atom. The summed E-state index contributed by atoms with van der Waals surface area (Å²) in [7, 11) is 2.22. The van der Waals surface area contributed by atoms with Gasteiger partial charge in [0.05, 0.1) is 24.5 Å². The van der Waals surface area contributed by atoms with Gasteiger partial charge in [-0.2, -0.15) is 0 Å². The van der Waals surface area contributed by atoms with Crippen LogP contribution >= 0.6 is 0 Å². The molecule has 1 saturated carbocycles. The zero-order valence-electron chi connectivity index (χ0n) is 16.2. The number of fused-ring (bicyclic) bond motifs is 1. The normalized spacial score (nSPS) is 20.1. The first-order valence-electron chi connectivity index (χ1n) is 10.0. The van der Waals surface area contributed by atoms with Crippen molar-refractivity contribution < 1.29 is 9.69 Å². The van der Waals surface area contributed by atoms with Crippen molar-refractivity contribution in [1.29, 1.82) is 0 Å². The average molecular weight is 362 g/mol. The first-order chi connectivity index (χ1) is 13.1. The molecule has 0 spiro atoms. The highest BCUT2D eigenvalue weighted by Gasteiger charge is 2.36. The molecule has 4 heteroatoms. The van der Waals surface area contributed by atoms with Gasteiger partial charge >= 0.3 is 0 Å². The van der Waals surface area contributed by atoms with Crippen molar-refractivity contribution in [3.63, 3.8) is 0 Å². The summed E-state index contributed by atoms with van der Waals surface area (Å²) >= 11 is 0. The number of anilines is 1. The van der Waals surface area contributed by atoms with E-state index in [4.69, 9.17) is 4.99 Å². The number of aliphatic imine (C=N–C) groups is 1. The second kappa shape index (κ2) is 7.65. The molecule has 1 unspecified atom stereocenters. The van der Waals surface area contributed by atoms with E-state index in [1.54, 1.807) is 0 Å². The fraction of sp³-hybridized carbons (Fsp3) is 0.391. The molecule has 2 aromatic rings. The molecule has 0 saturated heterocycles. The zero-order chi connectivity index (χ0) is 18.8. The maximum absolute atomic E-state index is 13.3. The number of nitrogens with one attached hydrogen (secondary N) is 1. The summed E-state index contributed by atoms with van der Waals surface area (Å²) in [5.74, 6) is 0.0212. The number of hydrogen-bond acceptors (Lipinski definition) is 2. The Kier molecular flexibility index (Phi) is 5.08. The highest BCUT2D eigenvalue weighted by atomic mass is 16.2. The van der Waals surface area contributed by atoms with Crippen molar-refractivity contribution in [3.05, 3.63) is 59.7 Å². The lowest BCUT2D eigenvalue weighted by Gasteiger charge is -2.31. The summed E-state index contributed by atoms with van der Waals surface area (Å²) in [5.41, 5.74) is 4.48. The Morgan fingerprint density at radius 3 is 2.63 bits per heavy atom. The van der Waals surface area contributed by atoms with E-state index in [-0.39, 0.29) is 5.91 Å². The standard InChI is InChI=1S/C23H27N3O/c1-17-9-8-10-18(15-17)24-22-20-13-6-7-14-21(20)26(23(22)27)16-25(2)19-11-4-3-5-12-19/h6-10,13-15,19H,3-5,11-12,16H2,1-2H3/p+1. The molecule has 1 N–H and O–H groups in total. The number of aryl methyl sites for hydroxylation is 1. The molecular formula is C23H28N3O+. The number of nitrogens with zero attached hydrogens (tertiary/aromatic N) is 2. The summed E-state index contributed by atoms with van der Waals surface area (Å²) < 4.78 is 0. The minimum absolute atomic E-state index is 0.0212. The molecule has 4 rings (SSSR count). The van der Waals surface area contributed by atoms with Gasteiger partial charge in [0.25, 0.3) is 5.91 Å². The van der Waals surface area contributed by atoms with Gasteiger partial charge in [-0.3, -0.25) is 9.69 Å². The predicted molar refractivity (Wildman–Crippen MR) is 110 cm³/mol. The van der Waals surface area contributed by atoms with Crippen LogP contribution in [0.5, 0.6) is 0 Å². The van der Waals surface area contributed by atoms with E-state index in [1.807, 2.05) is 60.4 Å². The fourth-order valence-corrected chi connectivity index (χ4v) is 4.33. The van der Waals surface area contributed by atoms with Crippen LogP contribution in [0.25, 0.3) is 0 Å². The van der Waals surface area contributed by atoms with Crippen molar-refractivity contribution in [2.24, 2.45) is 4.99 Å². The summed E-state index contributed by atoms with van der Waals surface area (Å²) in [5, 5.41) is 0. The third-order valence-corrected chi connectivity index (χ3v) is 5.85. The molecule has 2 aliphatic rings. The molecule has 1 fully saturated rings. The molecular weight excluding hydrogens is 334 g/mol. The Hall–Kier alpha value is -2.46. The van der Waals surface area contributed by atoms with Crippen molar-refractivity contribution in [3.8, 4) is 0 Å². The number of rotatable bonds is 4. The summed E-state index contributed by atoms with van der Waals surface area (Å²) in [6.45, 7) is 2.75. The Bertz CT molecular complexity index is 867. The minimum Gasteiger partial charge on any atom is -0.317 e. The lowest BCUT2D eigenvalue weighted by atomic mass is 9.95. The van der Waals surface area contributed by atoms with Crippen LogP contribution in [-0.4, -0.2) is 31.4 Å². The average Bonchev–Trinajstić information content (AvgIpc) is 2.95. The molecule has 0 radical (unpaired) electrons. The van der Waals surface area contributed by atoms with E-state index in [0.717, 1.165) is 22.5 Å². The first kappa shape index (κ1) is 17.9. The number of carbonyl (C=O) groups excluding carboxylic acids is 1. The summed E-state index contributed by atoms with van der Waals surface area (Å²) in [6.07, 6.45) is 6.50. The quantitative estimate of drug-likeness (QED) is 0.891. The lowest BCUT2D eigenvalue weighted by Crippen LogP contribution is -3.14. The van der Waals surface area contributed by atoms with Gasteiger partial charge in [-0.25, -0.2) is 4.99 Å². The van der Waals surface area contributed by atoms with Crippen LogP contribution in [0.1, 0.15) is 43.2 Å². The molecule has 1 amide bonds. The van der Waals surface area contributed by atoms with Gasteiger partial charge in [-0.15, -0.1) is 0 Å². The molecule has 0 bridgehead atoms. The van der Waals surface area contributed by atoms with Crippen LogP contribution in [-0.2, 0) is 4.79 Å². The molecule has 1 heterocycles. The second-order valence-electron chi connectivity index (χ2n) is 7.89. The molecule has 140 valence electrons. The second-order valence-corrected chi connectivity index (χ2v) is 7.89. The molecule has 2 aromatic carbocycles. The molecule has 4 nitrogen and oxygen atoms in total. The number of amides is 1. The monoisotopic (exact) mass is 362 g/mol.